The molecule has 0 unspecified atom stereocenters. The zero-order valence-electron chi connectivity index (χ0n) is 21.0. The highest BCUT2D eigenvalue weighted by Gasteiger charge is 2.42. The molecule has 1 saturated heterocycles. The maximum Gasteiger partial charge on any atom is 0.340 e. The van der Waals surface area contributed by atoms with E-state index in [1.165, 1.54) is 19.3 Å². The maximum absolute atomic E-state index is 13.3. The van der Waals surface area contributed by atoms with Crippen LogP contribution >= 0.6 is 15.9 Å². The van der Waals surface area contributed by atoms with E-state index in [0.29, 0.717) is 16.7 Å². The number of oxime groups is 1. The highest BCUT2D eigenvalue weighted by Crippen LogP contribution is 2.50. The Morgan fingerprint density at radius 2 is 1.66 bits per heavy atom. The fourth-order valence-corrected chi connectivity index (χ4v) is 4.92. The Bertz CT molecular complexity index is 774. The second-order valence-electron chi connectivity index (χ2n) is 10.7. The first-order valence-corrected chi connectivity index (χ1v) is 12.5. The lowest BCUT2D eigenvalue weighted by Gasteiger charge is -2.49. The number of hydrogen-bond acceptors (Lipinski definition) is 6. The van der Waals surface area contributed by atoms with Gasteiger partial charge in [-0.25, -0.2) is 4.79 Å². The number of nitrogens with zero attached hydrogens (tertiary/aromatic N) is 2. The molecule has 0 amide bonds. The summed E-state index contributed by atoms with van der Waals surface area (Å²) in [4.78, 5) is 15.6. The van der Waals surface area contributed by atoms with E-state index in [9.17, 15) is 10.0 Å². The minimum atomic E-state index is -1.02. The van der Waals surface area contributed by atoms with Gasteiger partial charge in [-0.3, -0.25) is 0 Å². The number of halogens is 1. The van der Waals surface area contributed by atoms with Gasteiger partial charge in [0.2, 0.25) is 0 Å². The molecule has 0 bridgehead atoms. The fourth-order valence-electron chi connectivity index (χ4n) is 4.46. The first-order chi connectivity index (χ1) is 14.8. The van der Waals surface area contributed by atoms with Crippen LogP contribution in [0.3, 0.4) is 0 Å². The lowest BCUT2D eigenvalue weighted by Crippen LogP contribution is -2.45. The molecule has 6 nitrogen and oxygen atoms in total. The number of hydrogen-bond donors (Lipinski definition) is 1. The van der Waals surface area contributed by atoms with Gasteiger partial charge in [0.1, 0.15) is 0 Å². The van der Waals surface area contributed by atoms with Gasteiger partial charge in [-0.2, -0.15) is 0 Å². The normalized spacial score (nSPS) is 20.6. The third-order valence-corrected chi connectivity index (χ3v) is 7.46. The Morgan fingerprint density at radius 1 is 1.09 bits per heavy atom. The molecule has 1 atom stereocenters. The molecule has 1 N–H and O–H groups in total. The zero-order chi connectivity index (χ0) is 24.3. The fraction of sp³-hybridized carbons (Fsp3) is 0.760. The molecule has 1 spiro atoms. The molecule has 2 fully saturated rings. The van der Waals surface area contributed by atoms with E-state index in [2.05, 4.69) is 26.0 Å². The van der Waals surface area contributed by atoms with E-state index in [1.807, 2.05) is 48.5 Å². The van der Waals surface area contributed by atoms with Crippen molar-refractivity contribution in [1.29, 1.82) is 0 Å². The van der Waals surface area contributed by atoms with Crippen molar-refractivity contribution in [3.63, 3.8) is 0 Å². The third kappa shape index (κ3) is 6.60. The predicted molar refractivity (Wildman–Crippen MR) is 132 cm³/mol. The number of ether oxygens (including phenoxy) is 2. The van der Waals surface area contributed by atoms with Crippen LogP contribution in [0.4, 0.5) is 0 Å². The van der Waals surface area contributed by atoms with Gasteiger partial charge in [0.15, 0.2) is 6.10 Å². The average Bonchev–Trinajstić information content (AvgIpc) is 2.67. The molecule has 2 aliphatic rings. The Morgan fingerprint density at radius 3 is 2.03 bits per heavy atom. The van der Waals surface area contributed by atoms with Crippen LogP contribution in [0.1, 0.15) is 87.5 Å². The quantitative estimate of drug-likeness (QED) is 0.145. The van der Waals surface area contributed by atoms with Crippen LogP contribution in [-0.2, 0) is 14.3 Å². The topological polar surface area (TPSA) is 71.4 Å². The van der Waals surface area contributed by atoms with Gasteiger partial charge in [-0.15, -0.1) is 0 Å². The lowest BCUT2D eigenvalue weighted by molar-refractivity contribution is -0.165. The van der Waals surface area contributed by atoms with Crippen molar-refractivity contribution in [3.05, 3.63) is 21.3 Å². The smallest absolute Gasteiger partial charge is 0.340 e. The molecule has 1 aliphatic heterocycles. The average molecular weight is 514 g/mol. The molecule has 7 heteroatoms. The Hall–Kier alpha value is -1.34. The number of rotatable bonds is 7. The number of carbonyl (C=O) groups excluding carboxylic acids is 1. The van der Waals surface area contributed by atoms with E-state index in [4.69, 9.17) is 9.47 Å². The molecule has 1 heterocycles. The van der Waals surface area contributed by atoms with E-state index in [1.54, 1.807) is 6.92 Å². The van der Waals surface area contributed by atoms with Crippen LogP contribution < -0.4 is 0 Å². The lowest BCUT2D eigenvalue weighted by atomic mass is 9.63. The summed E-state index contributed by atoms with van der Waals surface area (Å²) in [5.41, 5.74) is 2.69. The number of piperidine rings is 1. The van der Waals surface area contributed by atoms with Crippen molar-refractivity contribution in [3.8, 4) is 0 Å². The molecule has 1 aliphatic carbocycles. The van der Waals surface area contributed by atoms with Gasteiger partial charge in [0.05, 0.1) is 23.1 Å². The van der Waals surface area contributed by atoms with Crippen LogP contribution in [0, 0.1) is 5.41 Å². The van der Waals surface area contributed by atoms with Crippen molar-refractivity contribution in [2.24, 2.45) is 10.6 Å². The van der Waals surface area contributed by atoms with Crippen LogP contribution in [-0.4, -0.2) is 52.7 Å². The molecule has 0 aromatic carbocycles. The van der Waals surface area contributed by atoms with Crippen LogP contribution in [0.2, 0.25) is 0 Å². The monoisotopic (exact) mass is 512 g/mol. The summed E-state index contributed by atoms with van der Waals surface area (Å²) in [5, 5.41) is 13.3. The SMILES string of the molecule is CC(C)=C(Br)/C(=C(\C(C)=N\O)[C@H](OC(C)(C)C)C(=O)OC(C)C)N1CCC2(CCC2)CC1. The number of carbonyl (C=O) groups is 1. The molecule has 32 heavy (non-hydrogen) atoms. The highest BCUT2D eigenvalue weighted by atomic mass is 79.9. The molecule has 2 rings (SSSR count). The second-order valence-corrected chi connectivity index (χ2v) is 11.5. The van der Waals surface area contributed by atoms with Crippen LogP contribution in [0.25, 0.3) is 0 Å². The summed E-state index contributed by atoms with van der Waals surface area (Å²) in [6.07, 6.45) is 4.89. The predicted octanol–water partition coefficient (Wildman–Crippen LogP) is 6.18. The Balaban J connectivity index is 2.65. The Labute approximate surface area is 202 Å². The van der Waals surface area contributed by atoms with Gasteiger partial charge >= 0.3 is 5.97 Å². The third-order valence-electron chi connectivity index (χ3n) is 6.30. The van der Waals surface area contributed by atoms with Crippen molar-refractivity contribution >= 4 is 27.6 Å². The first-order valence-electron chi connectivity index (χ1n) is 11.7. The molecule has 182 valence electrons. The molecular formula is C25H41BrN2O4. The standard InChI is InChI=1S/C25H41BrN2O4/c1-16(2)20(26)21(28-14-12-25(13-15-28)10-9-11-25)19(18(5)27-30)22(32-24(6,7)8)23(29)31-17(3)4/h17,22,30H,9-15H2,1-8H3/b21-19-,27-18+/t22-/m0/s1. The summed E-state index contributed by atoms with van der Waals surface area (Å²) in [5.74, 6) is -0.480. The van der Waals surface area contributed by atoms with E-state index < -0.39 is 17.7 Å². The Kier molecular flexibility index (Phi) is 9.02. The van der Waals surface area contributed by atoms with Gasteiger partial charge in [-0.1, -0.05) is 17.1 Å². The van der Waals surface area contributed by atoms with Gasteiger partial charge in [0.25, 0.3) is 0 Å². The molecule has 0 aromatic rings. The van der Waals surface area contributed by atoms with Gasteiger partial charge < -0.3 is 19.6 Å². The second kappa shape index (κ2) is 10.7. The van der Waals surface area contributed by atoms with E-state index in [-0.39, 0.29) is 6.10 Å². The van der Waals surface area contributed by atoms with Gasteiger partial charge in [-0.05, 0) is 102 Å². The number of likely N-dealkylation sites (tertiary alicyclic amines) is 1. The molecular weight excluding hydrogens is 472 g/mol. The maximum atomic E-state index is 13.3. The zero-order valence-corrected chi connectivity index (χ0v) is 22.6. The van der Waals surface area contributed by atoms with E-state index >= 15 is 0 Å². The number of esters is 1. The number of allylic oxidation sites excluding steroid dienone is 2. The summed E-state index contributed by atoms with van der Waals surface area (Å²) >= 11 is 3.79. The summed E-state index contributed by atoms with van der Waals surface area (Å²) in [6.45, 7) is 16.9. The first kappa shape index (κ1) is 26.9. The van der Waals surface area contributed by atoms with Crippen LogP contribution in [0.15, 0.2) is 26.5 Å². The summed E-state index contributed by atoms with van der Waals surface area (Å²) < 4.78 is 12.7. The minimum Gasteiger partial charge on any atom is -0.461 e. The van der Waals surface area contributed by atoms with E-state index in [0.717, 1.165) is 41.7 Å². The largest absolute Gasteiger partial charge is 0.461 e. The van der Waals surface area contributed by atoms with Crippen LogP contribution in [0.5, 0.6) is 0 Å². The minimum absolute atomic E-state index is 0.287. The van der Waals surface area contributed by atoms with Gasteiger partial charge in [0, 0.05) is 23.1 Å². The summed E-state index contributed by atoms with van der Waals surface area (Å²) in [7, 11) is 0. The van der Waals surface area contributed by atoms with Crippen molar-refractivity contribution in [2.75, 3.05) is 13.1 Å². The summed E-state index contributed by atoms with van der Waals surface area (Å²) in [6, 6.07) is 0. The molecule has 1 saturated carbocycles. The highest BCUT2D eigenvalue weighted by molar-refractivity contribution is 9.12. The van der Waals surface area contributed by atoms with Crippen molar-refractivity contribution < 1.29 is 19.5 Å². The van der Waals surface area contributed by atoms with Crippen molar-refractivity contribution in [2.45, 2.75) is 105 Å². The molecule has 0 radical (unpaired) electrons. The van der Waals surface area contributed by atoms with Crippen molar-refractivity contribution in [1.82, 2.24) is 4.90 Å². The molecule has 0 aromatic heterocycles.